The van der Waals surface area contributed by atoms with Gasteiger partial charge in [0.05, 0.1) is 5.75 Å². The molecule has 6 heteroatoms. The fraction of sp³-hybridized carbons (Fsp3) is 0.800. The van der Waals surface area contributed by atoms with Crippen molar-refractivity contribution in [3.05, 3.63) is 0 Å². The quantitative estimate of drug-likeness (QED) is 0.377. The molecule has 0 atom stereocenters. The maximum atomic E-state index is 12.5. The lowest BCUT2D eigenvalue weighted by Gasteiger charge is -2.12. The minimum absolute atomic E-state index is 0.521. The summed E-state index contributed by atoms with van der Waals surface area (Å²) in [6.07, 6.45) is 0. The van der Waals surface area contributed by atoms with Crippen molar-refractivity contribution in [1.29, 1.82) is 0 Å². The molecule has 0 unspecified atom stereocenters. The van der Waals surface area contributed by atoms with Crippen LogP contribution in [0.15, 0.2) is 0 Å². The molecule has 0 saturated carbocycles. The summed E-state index contributed by atoms with van der Waals surface area (Å²) < 4.78 is 25.0. The zero-order valence-corrected chi connectivity index (χ0v) is 6.88. The number of nitrogens with two attached hydrogens (primary N) is 1. The first-order valence-electron chi connectivity index (χ1n) is 3.01. The number of hydrazine groups is 1. The molecule has 3 nitrogen and oxygen atoms in total. The first kappa shape index (κ1) is 10.6. The zero-order valence-electron chi connectivity index (χ0n) is 6.06. The Labute approximate surface area is 67.7 Å². The van der Waals surface area contributed by atoms with Crippen molar-refractivity contribution in [2.75, 3.05) is 11.5 Å². The van der Waals surface area contributed by atoms with Crippen molar-refractivity contribution in [3.63, 3.8) is 0 Å². The van der Waals surface area contributed by atoms with Gasteiger partial charge in [-0.15, -0.1) is 0 Å². The summed E-state index contributed by atoms with van der Waals surface area (Å²) in [7, 11) is 0. The molecule has 0 fully saturated rings. The van der Waals surface area contributed by atoms with Crippen molar-refractivity contribution >= 4 is 17.7 Å². The molecule has 0 radical (unpaired) electrons. The number of carbonyl (C=O) groups is 1. The smallest absolute Gasteiger partial charge is 0.289 e. The first-order chi connectivity index (χ1) is 5.04. The third-order valence-electron chi connectivity index (χ3n) is 0.951. The molecule has 0 saturated heterocycles. The van der Waals surface area contributed by atoms with Gasteiger partial charge in [0.2, 0.25) is 0 Å². The second-order valence-corrected chi connectivity index (χ2v) is 3.09. The van der Waals surface area contributed by atoms with Crippen molar-refractivity contribution in [3.8, 4) is 0 Å². The molecule has 0 aromatic heterocycles. The van der Waals surface area contributed by atoms with Crippen molar-refractivity contribution < 1.29 is 13.6 Å². The summed E-state index contributed by atoms with van der Waals surface area (Å²) in [6, 6.07) is 0. The van der Waals surface area contributed by atoms with Gasteiger partial charge in [-0.05, 0) is 5.75 Å². The highest BCUT2D eigenvalue weighted by molar-refractivity contribution is 7.99. The van der Waals surface area contributed by atoms with Crippen LogP contribution in [-0.2, 0) is 4.79 Å². The van der Waals surface area contributed by atoms with E-state index in [2.05, 4.69) is 5.84 Å². The van der Waals surface area contributed by atoms with Crippen molar-refractivity contribution in [2.24, 2.45) is 5.84 Å². The number of thioether (sulfide) groups is 1. The Morgan fingerprint density at radius 3 is 2.64 bits per heavy atom. The molecule has 0 aliphatic heterocycles. The number of amides is 1. The van der Waals surface area contributed by atoms with E-state index in [4.69, 9.17) is 0 Å². The van der Waals surface area contributed by atoms with Crippen LogP contribution in [0.25, 0.3) is 0 Å². The largest absolute Gasteiger partial charge is 0.334 e. The average molecular weight is 184 g/mol. The molecular formula is C5H10F2N2OS. The molecule has 1 amide bonds. The van der Waals surface area contributed by atoms with Crippen LogP contribution in [0.3, 0.4) is 0 Å². The highest BCUT2D eigenvalue weighted by atomic mass is 32.2. The number of hydrogen-bond donors (Lipinski definition) is 2. The summed E-state index contributed by atoms with van der Waals surface area (Å²) >= 11 is 0.992. The van der Waals surface area contributed by atoms with E-state index in [0.717, 1.165) is 11.8 Å². The van der Waals surface area contributed by atoms with Gasteiger partial charge in [0, 0.05) is 0 Å². The van der Waals surface area contributed by atoms with Gasteiger partial charge < -0.3 is 0 Å². The lowest BCUT2D eigenvalue weighted by molar-refractivity contribution is -0.142. The number of hydrogen-bond acceptors (Lipinski definition) is 3. The molecule has 0 spiro atoms. The number of alkyl halides is 2. The van der Waals surface area contributed by atoms with Crippen LogP contribution < -0.4 is 11.3 Å². The summed E-state index contributed by atoms with van der Waals surface area (Å²) in [5, 5.41) is 0. The van der Waals surface area contributed by atoms with E-state index < -0.39 is 17.6 Å². The maximum Gasteiger partial charge on any atom is 0.334 e. The fourth-order valence-corrected chi connectivity index (χ4v) is 0.993. The molecule has 0 rings (SSSR count). The normalized spacial score (nSPS) is 11.3. The fourth-order valence-electron chi connectivity index (χ4n) is 0.401. The van der Waals surface area contributed by atoms with Crippen molar-refractivity contribution in [2.45, 2.75) is 12.8 Å². The van der Waals surface area contributed by atoms with Gasteiger partial charge in [-0.25, -0.2) is 5.84 Å². The zero-order chi connectivity index (χ0) is 8.91. The molecule has 0 aromatic rings. The summed E-state index contributed by atoms with van der Waals surface area (Å²) in [6.45, 7) is 1.74. The lowest BCUT2D eigenvalue weighted by atomic mass is 10.4. The molecule has 0 heterocycles. The van der Waals surface area contributed by atoms with Gasteiger partial charge in [-0.2, -0.15) is 20.5 Å². The van der Waals surface area contributed by atoms with Crippen LogP contribution >= 0.6 is 11.8 Å². The summed E-state index contributed by atoms with van der Waals surface area (Å²) in [5.41, 5.74) is 1.41. The average Bonchev–Trinajstić information content (AvgIpc) is 1.99. The molecule has 0 aliphatic rings. The lowest BCUT2D eigenvalue weighted by Crippen LogP contribution is -2.45. The molecule has 3 N–H and O–H groups in total. The van der Waals surface area contributed by atoms with Crippen LogP contribution in [0.2, 0.25) is 0 Å². The van der Waals surface area contributed by atoms with Crippen LogP contribution in [0.5, 0.6) is 0 Å². The third-order valence-corrected chi connectivity index (χ3v) is 1.93. The SMILES string of the molecule is CCSCC(F)(F)C(=O)NN. The van der Waals surface area contributed by atoms with Crippen LogP contribution in [0, 0.1) is 0 Å². The number of halogens is 2. The van der Waals surface area contributed by atoms with Crippen LogP contribution in [-0.4, -0.2) is 23.3 Å². The minimum Gasteiger partial charge on any atom is -0.289 e. The van der Waals surface area contributed by atoms with Crippen LogP contribution in [0.1, 0.15) is 6.92 Å². The Balaban J connectivity index is 3.88. The van der Waals surface area contributed by atoms with E-state index in [9.17, 15) is 13.6 Å². The minimum atomic E-state index is -3.35. The van der Waals surface area contributed by atoms with Gasteiger partial charge in [0.15, 0.2) is 0 Å². The van der Waals surface area contributed by atoms with E-state index in [0.29, 0.717) is 5.75 Å². The number of rotatable bonds is 4. The van der Waals surface area contributed by atoms with Gasteiger partial charge in [-0.3, -0.25) is 10.2 Å². The Bertz CT molecular complexity index is 142. The summed E-state index contributed by atoms with van der Waals surface area (Å²) in [5.74, 6) is -0.215. The molecule has 0 bridgehead atoms. The Morgan fingerprint density at radius 1 is 1.73 bits per heavy atom. The molecular weight excluding hydrogens is 174 g/mol. The predicted molar refractivity (Wildman–Crippen MR) is 40.3 cm³/mol. The third kappa shape index (κ3) is 3.52. The summed E-state index contributed by atoms with van der Waals surface area (Å²) in [4.78, 5) is 10.3. The highest BCUT2D eigenvalue weighted by Crippen LogP contribution is 2.19. The van der Waals surface area contributed by atoms with Gasteiger partial charge in [-0.1, -0.05) is 6.92 Å². The highest BCUT2D eigenvalue weighted by Gasteiger charge is 2.37. The van der Waals surface area contributed by atoms with E-state index >= 15 is 0 Å². The van der Waals surface area contributed by atoms with E-state index in [-0.39, 0.29) is 0 Å². The predicted octanol–water partition coefficient (Wildman–Crippen LogP) is 0.365. The molecule has 0 aromatic carbocycles. The second kappa shape index (κ2) is 4.50. The van der Waals surface area contributed by atoms with E-state index in [1.54, 1.807) is 6.92 Å². The second-order valence-electron chi connectivity index (χ2n) is 1.82. The Kier molecular flexibility index (Phi) is 4.36. The number of carbonyl (C=O) groups excluding carboxylic acids is 1. The number of nitrogens with one attached hydrogen (secondary N) is 1. The molecule has 11 heavy (non-hydrogen) atoms. The molecule has 0 aliphatic carbocycles. The van der Waals surface area contributed by atoms with Crippen LogP contribution in [0.4, 0.5) is 8.78 Å². The Morgan fingerprint density at radius 2 is 2.27 bits per heavy atom. The van der Waals surface area contributed by atoms with Gasteiger partial charge in [0.25, 0.3) is 0 Å². The topological polar surface area (TPSA) is 55.1 Å². The van der Waals surface area contributed by atoms with Gasteiger partial charge >= 0.3 is 11.8 Å². The first-order valence-corrected chi connectivity index (χ1v) is 4.16. The van der Waals surface area contributed by atoms with Crippen molar-refractivity contribution in [1.82, 2.24) is 5.43 Å². The Hall–Kier alpha value is -0.360. The van der Waals surface area contributed by atoms with Gasteiger partial charge in [0.1, 0.15) is 0 Å². The van der Waals surface area contributed by atoms with E-state index in [1.165, 1.54) is 5.43 Å². The van der Waals surface area contributed by atoms with E-state index in [1.807, 2.05) is 0 Å². The standard InChI is InChI=1S/C5H10F2N2OS/c1-2-11-3-5(6,7)4(10)9-8/h2-3,8H2,1H3,(H,9,10). The maximum absolute atomic E-state index is 12.5. The molecule has 66 valence electrons. The monoisotopic (exact) mass is 184 g/mol.